The summed E-state index contributed by atoms with van der Waals surface area (Å²) in [6.45, 7) is 0. The van der Waals surface area contributed by atoms with Crippen LogP contribution in [0.25, 0.3) is 0 Å². The van der Waals surface area contributed by atoms with Gasteiger partial charge in [0.2, 0.25) is 11.7 Å². The third-order valence-electron chi connectivity index (χ3n) is 2.34. The molecule has 0 bridgehead atoms. The molecule has 82 valence electrons. The maximum Gasteiger partial charge on any atom is 0.312 e. The van der Waals surface area contributed by atoms with Gasteiger partial charge >= 0.3 is 5.97 Å². The molecule has 6 nitrogen and oxygen atoms in total. The molecule has 1 heterocycles. The molecule has 0 spiro atoms. The van der Waals surface area contributed by atoms with Crippen molar-refractivity contribution in [1.82, 2.24) is 10.1 Å². The van der Waals surface area contributed by atoms with Crippen molar-refractivity contribution in [3.63, 3.8) is 0 Å². The summed E-state index contributed by atoms with van der Waals surface area (Å²) >= 11 is 0. The molecule has 0 aliphatic heterocycles. The molecule has 0 aromatic carbocycles. The van der Waals surface area contributed by atoms with Gasteiger partial charge in [-0.05, 0) is 18.8 Å². The maximum atomic E-state index is 10.4. The van der Waals surface area contributed by atoms with Gasteiger partial charge in [0.15, 0.2) is 0 Å². The minimum Gasteiger partial charge on any atom is -0.481 e. The number of ether oxygens (including phenoxy) is 1. The summed E-state index contributed by atoms with van der Waals surface area (Å²) in [7, 11) is 1.59. The summed E-state index contributed by atoms with van der Waals surface area (Å²) in [4.78, 5) is 14.4. The Morgan fingerprint density at radius 1 is 1.73 bits per heavy atom. The van der Waals surface area contributed by atoms with Gasteiger partial charge in [-0.2, -0.15) is 4.98 Å². The van der Waals surface area contributed by atoms with Crippen molar-refractivity contribution in [1.29, 1.82) is 0 Å². The molecule has 1 aromatic rings. The van der Waals surface area contributed by atoms with Gasteiger partial charge in [-0.3, -0.25) is 4.79 Å². The highest BCUT2D eigenvalue weighted by Gasteiger charge is 2.35. The van der Waals surface area contributed by atoms with Crippen LogP contribution in [0.3, 0.4) is 0 Å². The van der Waals surface area contributed by atoms with E-state index < -0.39 is 5.97 Å². The Morgan fingerprint density at radius 2 is 2.47 bits per heavy atom. The van der Waals surface area contributed by atoms with Crippen LogP contribution in [0.2, 0.25) is 0 Å². The van der Waals surface area contributed by atoms with E-state index in [1.807, 2.05) is 0 Å². The van der Waals surface area contributed by atoms with Gasteiger partial charge in [0.25, 0.3) is 0 Å². The number of carboxylic acid groups (broad SMARTS) is 1. The third kappa shape index (κ3) is 2.33. The Morgan fingerprint density at radius 3 is 3.00 bits per heavy atom. The first kappa shape index (κ1) is 10.1. The van der Waals surface area contributed by atoms with Crippen molar-refractivity contribution in [2.45, 2.75) is 25.4 Å². The fourth-order valence-corrected chi connectivity index (χ4v) is 1.49. The molecule has 1 saturated carbocycles. The molecule has 1 atom stereocenters. The molecule has 1 aliphatic carbocycles. The van der Waals surface area contributed by atoms with Crippen LogP contribution in [-0.4, -0.2) is 28.3 Å². The molecule has 6 heteroatoms. The fraction of sp³-hybridized carbons (Fsp3) is 0.667. The number of rotatable bonds is 5. The lowest BCUT2D eigenvalue weighted by molar-refractivity contribution is -0.136. The first-order chi connectivity index (χ1) is 7.20. The van der Waals surface area contributed by atoms with E-state index in [4.69, 9.17) is 14.4 Å². The number of carboxylic acids is 1. The van der Waals surface area contributed by atoms with Crippen LogP contribution in [-0.2, 0) is 16.0 Å². The van der Waals surface area contributed by atoms with Gasteiger partial charge in [0, 0.05) is 7.11 Å². The van der Waals surface area contributed by atoms with Crippen LogP contribution in [0, 0.1) is 5.92 Å². The second kappa shape index (κ2) is 3.98. The summed E-state index contributed by atoms with van der Waals surface area (Å²) < 4.78 is 10.1. The van der Waals surface area contributed by atoms with E-state index in [9.17, 15) is 4.79 Å². The Labute approximate surface area is 86.2 Å². The van der Waals surface area contributed by atoms with E-state index in [0.717, 1.165) is 12.8 Å². The topological polar surface area (TPSA) is 85.5 Å². The standard InChI is InChI=1S/C9H12N2O4/c1-14-8(5-2-3-5)9-10-6(15-11-9)4-7(12)13/h5,8H,2-4H2,1H3,(H,12,13). The predicted octanol–water partition coefficient (Wildman–Crippen LogP) is 0.794. The molecule has 1 N–H and O–H groups in total. The minimum atomic E-state index is -0.981. The van der Waals surface area contributed by atoms with Gasteiger partial charge in [-0.25, -0.2) is 0 Å². The molecule has 0 radical (unpaired) electrons. The number of carbonyl (C=O) groups is 1. The summed E-state index contributed by atoms with van der Waals surface area (Å²) in [5, 5.41) is 12.3. The molecule has 15 heavy (non-hydrogen) atoms. The zero-order valence-corrected chi connectivity index (χ0v) is 8.34. The first-order valence-corrected chi connectivity index (χ1v) is 4.77. The van der Waals surface area contributed by atoms with E-state index in [0.29, 0.717) is 11.7 Å². The van der Waals surface area contributed by atoms with E-state index >= 15 is 0 Å². The number of hydrogen-bond acceptors (Lipinski definition) is 5. The van der Waals surface area contributed by atoms with Gasteiger partial charge in [-0.1, -0.05) is 5.16 Å². The second-order valence-corrected chi connectivity index (χ2v) is 3.61. The van der Waals surface area contributed by atoms with E-state index in [1.54, 1.807) is 7.11 Å². The Bertz CT molecular complexity index is 359. The van der Waals surface area contributed by atoms with Crippen LogP contribution < -0.4 is 0 Å². The third-order valence-corrected chi connectivity index (χ3v) is 2.34. The highest BCUT2D eigenvalue weighted by molar-refractivity contribution is 5.68. The fourth-order valence-electron chi connectivity index (χ4n) is 1.49. The van der Waals surface area contributed by atoms with Gasteiger partial charge in [-0.15, -0.1) is 0 Å². The van der Waals surface area contributed by atoms with E-state index in [2.05, 4.69) is 10.1 Å². The molecule has 1 aromatic heterocycles. The molecular formula is C9H12N2O4. The number of nitrogens with zero attached hydrogens (tertiary/aromatic N) is 2. The van der Waals surface area contributed by atoms with Crippen LogP contribution in [0.1, 0.15) is 30.7 Å². The molecule has 1 unspecified atom stereocenters. The lowest BCUT2D eigenvalue weighted by atomic mass is 10.2. The average Bonchev–Trinajstić information content (AvgIpc) is 2.89. The lowest BCUT2D eigenvalue weighted by Crippen LogP contribution is -2.06. The lowest BCUT2D eigenvalue weighted by Gasteiger charge is -2.07. The van der Waals surface area contributed by atoms with Crippen LogP contribution in [0.5, 0.6) is 0 Å². The summed E-state index contributed by atoms with van der Waals surface area (Å²) in [6.07, 6.45) is 1.80. The van der Waals surface area contributed by atoms with E-state index in [1.165, 1.54) is 0 Å². The summed E-state index contributed by atoms with van der Waals surface area (Å²) in [5.74, 6) is 0.0484. The van der Waals surface area contributed by atoms with Crippen molar-refractivity contribution in [2.24, 2.45) is 5.92 Å². The smallest absolute Gasteiger partial charge is 0.312 e. The van der Waals surface area contributed by atoms with Gasteiger partial charge < -0.3 is 14.4 Å². The molecular weight excluding hydrogens is 200 g/mol. The Kier molecular flexibility index (Phi) is 2.68. The largest absolute Gasteiger partial charge is 0.481 e. The Hall–Kier alpha value is -1.43. The van der Waals surface area contributed by atoms with Crippen LogP contribution in [0.4, 0.5) is 0 Å². The molecule has 0 amide bonds. The highest BCUT2D eigenvalue weighted by Crippen LogP contribution is 2.41. The second-order valence-electron chi connectivity index (χ2n) is 3.61. The molecule has 0 saturated heterocycles. The van der Waals surface area contributed by atoms with Gasteiger partial charge in [0.1, 0.15) is 12.5 Å². The summed E-state index contributed by atoms with van der Waals surface area (Å²) in [5.41, 5.74) is 0. The normalized spacial score (nSPS) is 17.7. The molecule has 2 rings (SSSR count). The number of hydrogen-bond donors (Lipinski definition) is 1. The number of methoxy groups -OCH3 is 1. The number of aliphatic carboxylic acids is 1. The highest BCUT2D eigenvalue weighted by atomic mass is 16.5. The van der Waals surface area contributed by atoms with Crippen LogP contribution in [0.15, 0.2) is 4.52 Å². The SMILES string of the molecule is COC(c1noc(CC(=O)O)n1)C1CC1. The summed E-state index contributed by atoms with van der Waals surface area (Å²) in [6, 6.07) is 0. The van der Waals surface area contributed by atoms with Crippen molar-refractivity contribution >= 4 is 5.97 Å². The monoisotopic (exact) mass is 212 g/mol. The Balaban J connectivity index is 2.07. The number of aromatic nitrogens is 2. The first-order valence-electron chi connectivity index (χ1n) is 4.77. The van der Waals surface area contributed by atoms with E-state index in [-0.39, 0.29) is 18.4 Å². The van der Waals surface area contributed by atoms with Crippen molar-refractivity contribution < 1.29 is 19.2 Å². The zero-order valence-electron chi connectivity index (χ0n) is 8.34. The van der Waals surface area contributed by atoms with Gasteiger partial charge in [0.05, 0.1) is 0 Å². The van der Waals surface area contributed by atoms with Crippen molar-refractivity contribution in [2.75, 3.05) is 7.11 Å². The van der Waals surface area contributed by atoms with Crippen LogP contribution >= 0.6 is 0 Å². The maximum absolute atomic E-state index is 10.4. The molecule has 1 fully saturated rings. The molecule has 1 aliphatic rings. The zero-order chi connectivity index (χ0) is 10.8. The average molecular weight is 212 g/mol. The predicted molar refractivity (Wildman–Crippen MR) is 48.1 cm³/mol. The minimum absolute atomic E-state index is 0.125. The van der Waals surface area contributed by atoms with Crippen molar-refractivity contribution in [3.8, 4) is 0 Å². The van der Waals surface area contributed by atoms with Crippen molar-refractivity contribution in [3.05, 3.63) is 11.7 Å². The quantitative estimate of drug-likeness (QED) is 0.776.